The Hall–Kier alpha value is -2.84. The summed E-state index contributed by atoms with van der Waals surface area (Å²) >= 11 is 6.42. The summed E-state index contributed by atoms with van der Waals surface area (Å²) in [6, 6.07) is 6.50. The van der Waals surface area contributed by atoms with Crippen LogP contribution < -0.4 is 15.8 Å². The number of nitrogens with two attached hydrogens (primary N) is 1. The number of nitrogens with zero attached hydrogens (tertiary/aromatic N) is 3. The maximum Gasteiger partial charge on any atom is 0.231 e. The average molecular weight is 499 g/mol. The molecule has 0 radical (unpaired) electrons. The summed E-state index contributed by atoms with van der Waals surface area (Å²) in [5.74, 6) is 1.19. The molecule has 3 aromatic heterocycles. The third kappa shape index (κ3) is 6.44. The number of hydrogen-bond donors (Lipinski definition) is 3. The van der Waals surface area contributed by atoms with E-state index in [1.165, 1.54) is 0 Å². The third-order valence-electron chi connectivity index (χ3n) is 6.45. The fraction of sp³-hybridized carbons (Fsp3) is 0.500. The van der Waals surface area contributed by atoms with Gasteiger partial charge in [-0.15, -0.1) is 0 Å². The molecule has 0 spiro atoms. The maximum absolute atomic E-state index is 11.7. The van der Waals surface area contributed by atoms with E-state index in [-0.39, 0.29) is 11.3 Å². The molecule has 0 aliphatic heterocycles. The monoisotopic (exact) mass is 498 g/mol. The number of aromatic amines is 1. The van der Waals surface area contributed by atoms with Gasteiger partial charge in [0.15, 0.2) is 0 Å². The van der Waals surface area contributed by atoms with E-state index in [1.54, 1.807) is 13.3 Å². The Bertz CT molecular complexity index is 1180. The van der Waals surface area contributed by atoms with Gasteiger partial charge in [0.1, 0.15) is 22.4 Å². The van der Waals surface area contributed by atoms with Crippen LogP contribution in [-0.4, -0.2) is 58.0 Å². The fourth-order valence-electron chi connectivity index (χ4n) is 4.98. The molecule has 3 heterocycles. The first kappa shape index (κ1) is 25.3. The summed E-state index contributed by atoms with van der Waals surface area (Å²) in [7, 11) is 1.63. The van der Waals surface area contributed by atoms with Crippen LogP contribution in [0.4, 0.5) is 5.82 Å². The Kier molecular flexibility index (Phi) is 7.52. The number of ether oxygens (including phenoxy) is 1. The normalized spacial score (nSPS) is 18.7. The molecule has 0 unspecified atom stereocenters. The van der Waals surface area contributed by atoms with Gasteiger partial charge in [0.2, 0.25) is 5.91 Å². The van der Waals surface area contributed by atoms with E-state index in [9.17, 15) is 4.79 Å². The molecule has 1 amide bonds. The van der Waals surface area contributed by atoms with Crippen LogP contribution in [0.5, 0.6) is 5.75 Å². The molecule has 0 saturated heterocycles. The highest BCUT2D eigenvalue weighted by Crippen LogP contribution is 2.33. The summed E-state index contributed by atoms with van der Waals surface area (Å²) in [6.07, 6.45) is 7.60. The predicted molar refractivity (Wildman–Crippen MR) is 141 cm³/mol. The summed E-state index contributed by atoms with van der Waals surface area (Å²) in [5.41, 5.74) is 8.39. The lowest BCUT2D eigenvalue weighted by Gasteiger charge is -2.39. The first-order valence-electron chi connectivity index (χ1n) is 12.1. The Balaban J connectivity index is 1.46. The van der Waals surface area contributed by atoms with Crippen molar-refractivity contribution >= 4 is 34.4 Å². The number of amides is 1. The highest BCUT2D eigenvalue weighted by molar-refractivity contribution is 6.29. The van der Waals surface area contributed by atoms with Crippen molar-refractivity contribution in [1.82, 2.24) is 19.9 Å². The summed E-state index contributed by atoms with van der Waals surface area (Å²) in [4.78, 5) is 26.1. The molecule has 1 aliphatic rings. The second kappa shape index (κ2) is 10.4. The van der Waals surface area contributed by atoms with Gasteiger partial charge in [-0.05, 0) is 54.9 Å². The number of anilines is 1. The molecule has 3 aromatic rings. The van der Waals surface area contributed by atoms with Crippen LogP contribution in [0.25, 0.3) is 22.2 Å². The zero-order valence-electron chi connectivity index (χ0n) is 20.9. The van der Waals surface area contributed by atoms with Crippen LogP contribution in [0.15, 0.2) is 30.6 Å². The zero-order valence-corrected chi connectivity index (χ0v) is 21.7. The van der Waals surface area contributed by atoms with Crippen molar-refractivity contribution in [3.63, 3.8) is 0 Å². The van der Waals surface area contributed by atoms with Crippen LogP contribution in [0.3, 0.4) is 0 Å². The third-order valence-corrected chi connectivity index (χ3v) is 6.64. The Labute approximate surface area is 211 Å². The molecule has 0 aromatic carbocycles. The van der Waals surface area contributed by atoms with E-state index in [1.807, 2.05) is 24.4 Å². The Morgan fingerprint density at radius 2 is 2.00 bits per heavy atom. The van der Waals surface area contributed by atoms with E-state index in [2.05, 4.69) is 45.9 Å². The van der Waals surface area contributed by atoms with E-state index >= 15 is 0 Å². The molecule has 1 fully saturated rings. The number of hydrogen-bond acceptors (Lipinski definition) is 6. The van der Waals surface area contributed by atoms with Crippen molar-refractivity contribution in [2.24, 2.45) is 11.1 Å². The van der Waals surface area contributed by atoms with Gasteiger partial charge in [-0.1, -0.05) is 32.4 Å². The summed E-state index contributed by atoms with van der Waals surface area (Å²) in [6.45, 7) is 7.73. The van der Waals surface area contributed by atoms with Gasteiger partial charge in [0.05, 0.1) is 19.9 Å². The van der Waals surface area contributed by atoms with Crippen LogP contribution in [0.1, 0.15) is 46.5 Å². The smallest absolute Gasteiger partial charge is 0.231 e. The van der Waals surface area contributed by atoms with Gasteiger partial charge in [0, 0.05) is 35.8 Å². The first-order valence-corrected chi connectivity index (χ1v) is 12.5. The molecule has 9 heteroatoms. The lowest BCUT2D eigenvalue weighted by molar-refractivity contribution is -0.120. The lowest BCUT2D eigenvalue weighted by atomic mass is 9.88. The molecular formula is C26H35ClN6O2. The molecule has 4 rings (SSSR count). The highest BCUT2D eigenvalue weighted by atomic mass is 35.5. The van der Waals surface area contributed by atoms with Crippen molar-refractivity contribution < 1.29 is 9.53 Å². The Morgan fingerprint density at radius 1 is 1.26 bits per heavy atom. The second-order valence-corrected chi connectivity index (χ2v) is 11.0. The number of methoxy groups -OCH3 is 1. The van der Waals surface area contributed by atoms with Gasteiger partial charge < -0.3 is 20.8 Å². The number of nitrogens with one attached hydrogen (secondary N) is 2. The zero-order chi connectivity index (χ0) is 25.2. The molecule has 8 nitrogen and oxygen atoms in total. The summed E-state index contributed by atoms with van der Waals surface area (Å²) < 4.78 is 5.35. The molecule has 0 bridgehead atoms. The minimum atomic E-state index is -0.268. The number of carbonyl (C=O) groups excluding carboxylic acids is 1. The molecule has 4 N–H and O–H groups in total. The number of fused-ring (bicyclic) bond motifs is 1. The minimum absolute atomic E-state index is 0.105. The molecule has 188 valence electrons. The number of primary amides is 1. The number of rotatable bonds is 8. The van der Waals surface area contributed by atoms with Gasteiger partial charge in [-0.2, -0.15) is 0 Å². The van der Waals surface area contributed by atoms with Gasteiger partial charge in [-0.3, -0.25) is 9.69 Å². The standard InChI is InChI=1S/C26H35ClN6O2/c1-26(2,3)15-33(14-23(28)34)18-7-5-17(6-8-18)31-24-10-16(9-22(27)32-24)21-13-30-25-20(21)11-19(35-4)12-29-25/h9-13,17-18H,5-8,14-15H2,1-4H3,(H2,28,34)(H,29,30)(H,31,32). The van der Waals surface area contributed by atoms with Crippen molar-refractivity contribution in [3.8, 4) is 16.9 Å². The predicted octanol–water partition coefficient (Wildman–Crippen LogP) is 4.84. The van der Waals surface area contributed by atoms with Crippen LogP contribution >= 0.6 is 11.6 Å². The second-order valence-electron chi connectivity index (χ2n) is 10.6. The molecule has 1 aliphatic carbocycles. The fourth-order valence-corrected chi connectivity index (χ4v) is 5.19. The first-order chi connectivity index (χ1) is 16.6. The van der Waals surface area contributed by atoms with Crippen LogP contribution in [0.2, 0.25) is 5.15 Å². The maximum atomic E-state index is 11.7. The number of halogens is 1. The van der Waals surface area contributed by atoms with E-state index < -0.39 is 0 Å². The van der Waals surface area contributed by atoms with Gasteiger partial charge in [-0.25, -0.2) is 9.97 Å². The minimum Gasteiger partial charge on any atom is -0.495 e. The van der Waals surface area contributed by atoms with Crippen LogP contribution in [-0.2, 0) is 4.79 Å². The van der Waals surface area contributed by atoms with Gasteiger partial charge >= 0.3 is 0 Å². The number of H-pyrrole nitrogens is 1. The molecule has 0 atom stereocenters. The van der Waals surface area contributed by atoms with Crippen molar-refractivity contribution in [1.29, 1.82) is 0 Å². The number of carbonyl (C=O) groups is 1. The quantitative estimate of drug-likeness (QED) is 0.383. The number of pyridine rings is 2. The Morgan fingerprint density at radius 3 is 2.66 bits per heavy atom. The molecular weight excluding hydrogens is 464 g/mol. The lowest BCUT2D eigenvalue weighted by Crippen LogP contribution is -2.47. The SMILES string of the molecule is COc1cnc2[nH]cc(-c3cc(Cl)nc(NC4CCC(N(CC(N)=O)CC(C)(C)C)CC4)c3)c2c1. The highest BCUT2D eigenvalue weighted by Gasteiger charge is 2.29. The van der Waals surface area contributed by atoms with E-state index in [4.69, 9.17) is 22.1 Å². The molecule has 1 saturated carbocycles. The topological polar surface area (TPSA) is 109 Å². The van der Waals surface area contributed by atoms with Crippen molar-refractivity contribution in [2.75, 3.05) is 25.5 Å². The van der Waals surface area contributed by atoms with Crippen molar-refractivity contribution in [3.05, 3.63) is 35.7 Å². The van der Waals surface area contributed by atoms with Crippen molar-refractivity contribution in [2.45, 2.75) is 58.5 Å². The molecule has 35 heavy (non-hydrogen) atoms. The average Bonchev–Trinajstić information content (AvgIpc) is 3.21. The van der Waals surface area contributed by atoms with Gasteiger partial charge in [0.25, 0.3) is 0 Å². The summed E-state index contributed by atoms with van der Waals surface area (Å²) in [5, 5.41) is 4.98. The van der Waals surface area contributed by atoms with E-state index in [0.717, 1.165) is 60.2 Å². The largest absolute Gasteiger partial charge is 0.495 e. The van der Waals surface area contributed by atoms with Crippen LogP contribution in [0, 0.1) is 5.41 Å². The number of aromatic nitrogens is 3. The van der Waals surface area contributed by atoms with E-state index in [0.29, 0.717) is 29.5 Å².